The lowest BCUT2D eigenvalue weighted by Crippen LogP contribution is -2.48. The number of nitrogen functional groups attached to an aromatic ring is 1. The van der Waals surface area contributed by atoms with E-state index >= 15 is 26.3 Å². The number of hydrogen-bond donors (Lipinski definition) is 2. The Kier molecular flexibility index (Phi) is 9.50. The Morgan fingerprint density at radius 3 is 1.36 bits per heavy atom. The first kappa shape index (κ1) is 36.4. The van der Waals surface area contributed by atoms with Crippen molar-refractivity contribution in [1.29, 1.82) is 0 Å². The van der Waals surface area contributed by atoms with Gasteiger partial charge in [-0.25, -0.2) is 0 Å². The minimum atomic E-state index is -5.65. The highest BCUT2D eigenvalue weighted by atomic mass is 32.1. The van der Waals surface area contributed by atoms with E-state index in [4.69, 9.17) is 5.73 Å². The van der Waals surface area contributed by atoms with Crippen molar-refractivity contribution in [2.45, 2.75) is 36.5 Å². The summed E-state index contributed by atoms with van der Waals surface area (Å²) in [5.41, 5.74) is 7.21. The van der Waals surface area contributed by atoms with E-state index < -0.39 is 28.9 Å². The third kappa shape index (κ3) is 6.75. The van der Waals surface area contributed by atoms with Crippen molar-refractivity contribution in [2.75, 3.05) is 5.73 Å². The molecule has 3 nitrogen and oxygen atoms in total. The molecule has 2 heterocycles. The summed E-state index contributed by atoms with van der Waals surface area (Å²) in [5, 5.41) is 0. The van der Waals surface area contributed by atoms with Gasteiger partial charge >= 0.3 is 17.8 Å². The van der Waals surface area contributed by atoms with E-state index in [9.17, 15) is 0 Å². The minimum absolute atomic E-state index is 0.207. The summed E-state index contributed by atoms with van der Waals surface area (Å²) in [5.74, 6) is -15.9. The van der Waals surface area contributed by atoms with Crippen LogP contribution in [0.2, 0.25) is 0 Å². The topological polar surface area (TPSA) is 50.7 Å². The van der Waals surface area contributed by atoms with Gasteiger partial charge in [0.2, 0.25) is 0 Å². The second-order valence-corrected chi connectivity index (χ2v) is 15.5. The highest BCUT2D eigenvalue weighted by molar-refractivity contribution is 7.80. The smallest absolute Gasteiger partial charge is 0.380 e. The third-order valence-electron chi connectivity index (χ3n) is 8.90. The number of thiol groups is 1. The van der Waals surface area contributed by atoms with Crippen molar-refractivity contribution in [2.24, 2.45) is 9.98 Å². The summed E-state index contributed by atoms with van der Waals surface area (Å²) >= 11 is 6.40. The maximum Gasteiger partial charge on any atom is 0.380 e. The number of nitrogens with two attached hydrogens (primary N) is 1. The molecule has 4 aromatic carbocycles. The van der Waals surface area contributed by atoms with E-state index in [1.54, 1.807) is 61.0 Å². The zero-order valence-electron chi connectivity index (χ0n) is 28.1. The molecule has 0 radical (unpaired) electrons. The van der Waals surface area contributed by atoms with Gasteiger partial charge in [0.1, 0.15) is 0 Å². The van der Waals surface area contributed by atoms with Gasteiger partial charge in [-0.05, 0) is 108 Å². The van der Waals surface area contributed by atoms with Gasteiger partial charge in [-0.1, -0.05) is 48.5 Å². The number of anilines is 1. The maximum absolute atomic E-state index is 15.7. The largest absolute Gasteiger partial charge is 0.399 e. The Labute approximate surface area is 315 Å². The average molecular weight is 774 g/mol. The molecule has 0 aliphatic heterocycles. The lowest BCUT2D eigenvalue weighted by atomic mass is 9.94. The van der Waals surface area contributed by atoms with Crippen LogP contribution in [0.1, 0.15) is 32.0 Å². The molecule has 0 atom stereocenters. The Hall–Kier alpha value is -4.91. The summed E-state index contributed by atoms with van der Waals surface area (Å²) in [7, 11) is 0. The normalized spacial score (nSPS) is 16.3. The predicted octanol–water partition coefficient (Wildman–Crippen LogP) is 13.0. The van der Waals surface area contributed by atoms with Crippen molar-refractivity contribution < 1.29 is 26.3 Å². The number of hydrogen-bond acceptors (Lipinski definition) is 6. The lowest BCUT2D eigenvalue weighted by molar-refractivity contribution is -0.254. The van der Waals surface area contributed by atoms with Crippen molar-refractivity contribution in [3.63, 3.8) is 0 Å². The van der Waals surface area contributed by atoms with Gasteiger partial charge in [0.15, 0.2) is 0 Å². The van der Waals surface area contributed by atoms with Crippen molar-refractivity contribution in [3.05, 3.63) is 141 Å². The van der Waals surface area contributed by atoms with Gasteiger partial charge in [0.25, 0.3) is 0 Å². The van der Waals surface area contributed by atoms with Crippen molar-refractivity contribution >= 4 is 75.9 Å². The van der Waals surface area contributed by atoms with Crippen LogP contribution in [0.25, 0.3) is 32.0 Å². The number of thiophene rings is 2. The van der Waals surface area contributed by atoms with Gasteiger partial charge in [0.05, 0.1) is 11.4 Å². The fourth-order valence-corrected chi connectivity index (χ4v) is 8.25. The van der Waals surface area contributed by atoms with E-state index in [0.717, 1.165) is 44.4 Å². The zero-order chi connectivity index (χ0) is 37.7. The van der Waals surface area contributed by atoms with E-state index in [-0.39, 0.29) is 20.9 Å². The molecule has 1 aliphatic rings. The predicted molar refractivity (Wildman–Crippen MR) is 210 cm³/mol. The first-order chi connectivity index (χ1) is 25.2. The highest BCUT2D eigenvalue weighted by Gasteiger charge is 2.80. The first-order valence-corrected chi connectivity index (χ1v) is 18.3. The summed E-state index contributed by atoms with van der Waals surface area (Å²) in [4.78, 5) is 11.2. The number of benzene rings is 4. The van der Waals surface area contributed by atoms with E-state index in [1.807, 2.05) is 48.5 Å². The number of nitrogens with zero attached hydrogens (tertiary/aromatic N) is 2. The van der Waals surface area contributed by atoms with Crippen LogP contribution in [-0.2, 0) is 0 Å². The summed E-state index contributed by atoms with van der Waals surface area (Å²) in [6.45, 7) is 2.93. The van der Waals surface area contributed by atoms with Gasteiger partial charge < -0.3 is 5.73 Å². The van der Waals surface area contributed by atoms with Gasteiger partial charge in [-0.3, -0.25) is 9.98 Å². The zero-order valence-corrected chi connectivity index (χ0v) is 30.6. The molecular formula is C41H29F6N3S3. The maximum atomic E-state index is 15.7. The molecule has 0 fully saturated rings. The van der Waals surface area contributed by atoms with Gasteiger partial charge in [-0.15, -0.1) is 35.3 Å². The highest BCUT2D eigenvalue weighted by Crippen LogP contribution is 2.66. The van der Waals surface area contributed by atoms with Crippen LogP contribution in [0.3, 0.4) is 0 Å². The number of allylic oxidation sites excluding steroid dienone is 2. The fourth-order valence-electron chi connectivity index (χ4n) is 6.04. The molecule has 12 heteroatoms. The average Bonchev–Trinajstić information content (AvgIpc) is 3.73. The lowest BCUT2D eigenvalue weighted by Gasteiger charge is -2.25. The number of rotatable bonds is 8. The molecule has 6 aromatic rings. The van der Waals surface area contributed by atoms with Crippen molar-refractivity contribution in [1.82, 2.24) is 0 Å². The molecule has 1 aliphatic carbocycles. The number of halogens is 6. The van der Waals surface area contributed by atoms with Crippen LogP contribution in [-0.4, -0.2) is 30.2 Å². The van der Waals surface area contributed by atoms with Gasteiger partial charge in [-0.2, -0.15) is 26.3 Å². The first-order valence-electron chi connectivity index (χ1n) is 16.2. The minimum Gasteiger partial charge on any atom is -0.399 e. The molecule has 268 valence electrons. The Morgan fingerprint density at radius 2 is 0.943 bits per heavy atom. The molecule has 0 amide bonds. The molecule has 0 saturated carbocycles. The molecule has 0 saturated heterocycles. The molecule has 53 heavy (non-hydrogen) atoms. The number of aliphatic imine (C=N–C) groups is 2. The van der Waals surface area contributed by atoms with Crippen LogP contribution < -0.4 is 5.73 Å². The van der Waals surface area contributed by atoms with Crippen LogP contribution in [0.4, 0.5) is 43.4 Å². The molecule has 2 N–H and O–H groups in total. The number of aryl methyl sites for hydroxylation is 2. The number of alkyl halides is 6. The van der Waals surface area contributed by atoms with E-state index in [0.29, 0.717) is 32.3 Å². The Balaban J connectivity index is 1.16. The molecule has 0 bridgehead atoms. The van der Waals surface area contributed by atoms with Crippen LogP contribution in [0, 0.1) is 13.8 Å². The van der Waals surface area contributed by atoms with E-state index in [2.05, 4.69) is 22.6 Å². The van der Waals surface area contributed by atoms with Crippen molar-refractivity contribution in [3.8, 4) is 20.9 Å². The van der Waals surface area contributed by atoms with Crippen LogP contribution in [0.5, 0.6) is 0 Å². The SMILES string of the molecule is Cc1sc(-c2ccc(N)cc2)cc1C1=C(c2cc(-c3ccc(N=Cc4ccc(C=Nc5ccc(S)cc5)cc4)cc3)sc2C)C(F)(F)C(F)(F)C1(F)F. The van der Waals surface area contributed by atoms with E-state index in [1.165, 1.54) is 26.0 Å². The molecule has 2 aromatic heterocycles. The molecule has 0 unspecified atom stereocenters. The van der Waals surface area contributed by atoms with Gasteiger partial charge in [0, 0.05) is 53.7 Å². The molecular weight excluding hydrogens is 745 g/mol. The van der Waals surface area contributed by atoms with Crippen LogP contribution >= 0.6 is 35.3 Å². The second-order valence-electron chi connectivity index (χ2n) is 12.5. The molecule has 0 spiro atoms. The second kappa shape index (κ2) is 13.8. The quantitative estimate of drug-likeness (QED) is 0.0688. The summed E-state index contributed by atoms with van der Waals surface area (Å²) < 4.78 is 93.0. The monoisotopic (exact) mass is 773 g/mol. The Morgan fingerprint density at radius 1 is 0.566 bits per heavy atom. The van der Waals surface area contributed by atoms with Crippen LogP contribution in [0.15, 0.2) is 124 Å². The molecule has 7 rings (SSSR count). The Bertz CT molecular complexity index is 2390. The summed E-state index contributed by atoms with van der Waals surface area (Å²) in [6.07, 6.45) is 3.45. The third-order valence-corrected chi connectivity index (χ3v) is 11.4. The summed E-state index contributed by atoms with van der Waals surface area (Å²) in [6, 6.07) is 31.1. The fraction of sp³-hybridized carbons (Fsp3) is 0.122. The standard InChI is InChI=1S/C41H29F6N3S3/c1-23-33(19-35(52-23)27-7-11-29(48)12-8-27)37-38(40(44,45)41(46,47)39(37,42)43)34-20-36(53-24(34)2)28-9-13-30(14-10-28)49-21-25-3-5-26(6-4-25)22-50-31-15-17-32(51)18-16-31/h3-22,51H,48H2,1-2H3.